The van der Waals surface area contributed by atoms with Gasteiger partial charge < -0.3 is 0 Å². The Kier molecular flexibility index (Phi) is 3.96. The third kappa shape index (κ3) is 3.35. The number of sulfonamides is 1. The maximum atomic E-state index is 12.2. The van der Waals surface area contributed by atoms with Gasteiger partial charge in [0.05, 0.1) is 17.5 Å². The number of aromatic nitrogens is 2. The van der Waals surface area contributed by atoms with Crippen LogP contribution >= 0.6 is 0 Å². The van der Waals surface area contributed by atoms with Crippen LogP contribution in [0.15, 0.2) is 54.9 Å². The molecule has 0 unspecified atom stereocenters. The zero-order chi connectivity index (χ0) is 15.6. The molecule has 0 fully saturated rings. The van der Waals surface area contributed by atoms with Crippen LogP contribution in [0.2, 0.25) is 0 Å². The highest BCUT2D eigenvalue weighted by molar-refractivity contribution is 7.88. The molecule has 0 saturated heterocycles. The number of aryl methyl sites for hydroxylation is 1. The fourth-order valence-corrected chi connectivity index (χ4v) is 3.48. The predicted octanol–water partition coefficient (Wildman–Crippen LogP) is 2.26. The maximum absolute atomic E-state index is 12.2. The number of nitrogens with one attached hydrogen (secondary N) is 1. The number of rotatable bonds is 5. The van der Waals surface area contributed by atoms with Gasteiger partial charge in [-0.1, -0.05) is 35.9 Å². The van der Waals surface area contributed by atoms with E-state index in [-0.39, 0.29) is 12.3 Å². The number of benzene rings is 1. The predicted molar refractivity (Wildman–Crippen MR) is 85.8 cm³/mol. The van der Waals surface area contributed by atoms with Gasteiger partial charge in [-0.15, -0.1) is 0 Å². The van der Waals surface area contributed by atoms with E-state index in [0.29, 0.717) is 0 Å². The molecular weight excluding hydrogens is 298 g/mol. The summed E-state index contributed by atoms with van der Waals surface area (Å²) >= 11 is 0. The molecule has 0 aliphatic carbocycles. The first-order valence-corrected chi connectivity index (χ1v) is 8.63. The fraction of sp³-hybridized carbons (Fsp3) is 0.188. The first-order chi connectivity index (χ1) is 10.5. The van der Waals surface area contributed by atoms with Crippen LogP contribution < -0.4 is 4.72 Å². The minimum absolute atomic E-state index is 0.0199. The van der Waals surface area contributed by atoms with Gasteiger partial charge in [0, 0.05) is 18.3 Å². The molecule has 0 aliphatic rings. The van der Waals surface area contributed by atoms with Gasteiger partial charge in [0.1, 0.15) is 0 Å². The molecule has 1 aromatic carbocycles. The molecule has 2 aromatic heterocycles. The first-order valence-electron chi connectivity index (χ1n) is 6.98. The molecule has 0 amide bonds. The highest BCUT2D eigenvalue weighted by atomic mass is 32.2. The Morgan fingerprint density at radius 3 is 2.86 bits per heavy atom. The lowest BCUT2D eigenvalue weighted by Crippen LogP contribution is -2.24. The zero-order valence-corrected chi connectivity index (χ0v) is 13.0. The molecule has 0 spiro atoms. The molecule has 0 bridgehead atoms. The van der Waals surface area contributed by atoms with Crippen LogP contribution in [0.5, 0.6) is 0 Å². The van der Waals surface area contributed by atoms with Crippen molar-refractivity contribution >= 4 is 15.5 Å². The van der Waals surface area contributed by atoms with E-state index in [1.807, 2.05) is 55.6 Å². The summed E-state index contributed by atoms with van der Waals surface area (Å²) in [5, 5.41) is 4.20. The SMILES string of the molecule is Cc1cccc(CS(=O)(=O)NCc2cnn3ccccc23)c1. The normalized spacial score (nSPS) is 11.9. The molecule has 5 nitrogen and oxygen atoms in total. The zero-order valence-electron chi connectivity index (χ0n) is 12.2. The van der Waals surface area contributed by atoms with Crippen molar-refractivity contribution in [1.29, 1.82) is 0 Å². The van der Waals surface area contributed by atoms with Crippen molar-refractivity contribution in [3.63, 3.8) is 0 Å². The molecular formula is C16H17N3O2S. The third-order valence-electron chi connectivity index (χ3n) is 3.43. The highest BCUT2D eigenvalue weighted by Crippen LogP contribution is 2.11. The molecule has 0 atom stereocenters. The van der Waals surface area contributed by atoms with Gasteiger partial charge in [-0.05, 0) is 24.6 Å². The Balaban J connectivity index is 1.72. The van der Waals surface area contributed by atoms with E-state index in [1.54, 1.807) is 10.7 Å². The number of hydrogen-bond donors (Lipinski definition) is 1. The molecule has 114 valence electrons. The number of pyridine rings is 1. The molecule has 2 heterocycles. The number of nitrogens with zero attached hydrogens (tertiary/aromatic N) is 2. The molecule has 22 heavy (non-hydrogen) atoms. The Morgan fingerprint density at radius 1 is 1.18 bits per heavy atom. The molecule has 0 radical (unpaired) electrons. The Bertz CT molecular complexity index is 900. The summed E-state index contributed by atoms with van der Waals surface area (Å²) in [6.07, 6.45) is 3.52. The van der Waals surface area contributed by atoms with Gasteiger partial charge in [0.15, 0.2) is 0 Å². The summed E-state index contributed by atoms with van der Waals surface area (Å²) in [7, 11) is -3.38. The number of hydrogen-bond acceptors (Lipinski definition) is 3. The van der Waals surface area contributed by atoms with E-state index in [9.17, 15) is 8.42 Å². The number of fused-ring (bicyclic) bond motifs is 1. The van der Waals surface area contributed by atoms with Crippen LogP contribution in [0.25, 0.3) is 5.52 Å². The highest BCUT2D eigenvalue weighted by Gasteiger charge is 2.13. The van der Waals surface area contributed by atoms with E-state index < -0.39 is 10.0 Å². The first kappa shape index (κ1) is 14.7. The lowest BCUT2D eigenvalue weighted by Gasteiger charge is -2.07. The second kappa shape index (κ2) is 5.90. The average molecular weight is 315 g/mol. The Morgan fingerprint density at radius 2 is 2.05 bits per heavy atom. The molecule has 3 aromatic rings. The second-order valence-corrected chi connectivity index (χ2v) is 7.08. The Hall–Kier alpha value is -2.18. The van der Waals surface area contributed by atoms with Crippen LogP contribution in [-0.4, -0.2) is 18.0 Å². The largest absolute Gasteiger partial charge is 0.241 e. The van der Waals surface area contributed by atoms with Gasteiger partial charge in [-0.3, -0.25) is 0 Å². The standard InChI is InChI=1S/C16H17N3O2S/c1-13-5-4-6-14(9-13)12-22(20,21)18-11-15-10-17-19-8-3-2-7-16(15)19/h2-10,18H,11-12H2,1H3. The van der Waals surface area contributed by atoms with Gasteiger partial charge >= 0.3 is 0 Å². The van der Waals surface area contributed by atoms with E-state index >= 15 is 0 Å². The Labute approximate surface area is 129 Å². The average Bonchev–Trinajstić information content (AvgIpc) is 2.88. The maximum Gasteiger partial charge on any atom is 0.216 e. The van der Waals surface area contributed by atoms with Crippen molar-refractivity contribution in [2.75, 3.05) is 0 Å². The van der Waals surface area contributed by atoms with Crippen molar-refractivity contribution < 1.29 is 8.42 Å². The molecule has 1 N–H and O–H groups in total. The van der Waals surface area contributed by atoms with Gasteiger partial charge in [0.25, 0.3) is 0 Å². The lowest BCUT2D eigenvalue weighted by molar-refractivity contribution is 0.580. The van der Waals surface area contributed by atoms with E-state index in [0.717, 1.165) is 22.2 Å². The molecule has 0 saturated carbocycles. The minimum Gasteiger partial charge on any atom is -0.241 e. The topological polar surface area (TPSA) is 63.5 Å². The van der Waals surface area contributed by atoms with Crippen LogP contribution in [-0.2, 0) is 22.3 Å². The summed E-state index contributed by atoms with van der Waals surface area (Å²) in [5.74, 6) is -0.0199. The minimum atomic E-state index is -3.38. The fourth-order valence-electron chi connectivity index (χ4n) is 2.38. The van der Waals surface area contributed by atoms with Crippen molar-refractivity contribution in [2.45, 2.75) is 19.2 Å². The van der Waals surface area contributed by atoms with Gasteiger partial charge in [-0.25, -0.2) is 17.7 Å². The van der Waals surface area contributed by atoms with Gasteiger partial charge in [0.2, 0.25) is 10.0 Å². The van der Waals surface area contributed by atoms with Crippen molar-refractivity contribution in [3.05, 3.63) is 71.5 Å². The summed E-state index contributed by atoms with van der Waals surface area (Å²) in [4.78, 5) is 0. The summed E-state index contributed by atoms with van der Waals surface area (Å²) in [5.41, 5.74) is 3.59. The van der Waals surface area contributed by atoms with E-state index in [1.165, 1.54) is 0 Å². The molecule has 6 heteroatoms. The van der Waals surface area contributed by atoms with Crippen LogP contribution in [0.4, 0.5) is 0 Å². The second-order valence-electron chi connectivity index (χ2n) is 5.27. The summed E-state index contributed by atoms with van der Waals surface area (Å²) in [6, 6.07) is 13.2. The van der Waals surface area contributed by atoms with Crippen LogP contribution in [0.3, 0.4) is 0 Å². The van der Waals surface area contributed by atoms with Crippen molar-refractivity contribution in [1.82, 2.24) is 14.3 Å². The van der Waals surface area contributed by atoms with Gasteiger partial charge in [-0.2, -0.15) is 5.10 Å². The monoisotopic (exact) mass is 315 g/mol. The lowest BCUT2D eigenvalue weighted by atomic mass is 10.2. The summed E-state index contributed by atoms with van der Waals surface area (Å²) < 4.78 is 28.8. The van der Waals surface area contributed by atoms with E-state index in [2.05, 4.69) is 9.82 Å². The van der Waals surface area contributed by atoms with Crippen LogP contribution in [0.1, 0.15) is 16.7 Å². The molecule has 3 rings (SSSR count). The quantitative estimate of drug-likeness (QED) is 0.785. The van der Waals surface area contributed by atoms with Crippen LogP contribution in [0, 0.1) is 6.92 Å². The smallest absolute Gasteiger partial charge is 0.216 e. The third-order valence-corrected chi connectivity index (χ3v) is 4.73. The van der Waals surface area contributed by atoms with E-state index in [4.69, 9.17) is 0 Å². The van der Waals surface area contributed by atoms with Crippen molar-refractivity contribution in [2.24, 2.45) is 0 Å². The summed E-state index contributed by atoms with van der Waals surface area (Å²) in [6.45, 7) is 2.18. The van der Waals surface area contributed by atoms with Crippen molar-refractivity contribution in [3.8, 4) is 0 Å². The molecule has 0 aliphatic heterocycles.